The highest BCUT2D eigenvalue weighted by molar-refractivity contribution is 5.82. The molecule has 8 nitrogen and oxygen atoms in total. The minimum absolute atomic E-state index is 0.0444. The minimum Gasteiger partial charge on any atom is -0.490 e. The Hall–Kier alpha value is -3.70. The molecule has 1 saturated heterocycles. The van der Waals surface area contributed by atoms with Gasteiger partial charge in [0, 0.05) is 17.5 Å². The first-order valence-corrected chi connectivity index (χ1v) is 12.4. The topological polar surface area (TPSA) is 112 Å². The lowest BCUT2D eigenvalue weighted by atomic mass is 9.97. The van der Waals surface area contributed by atoms with E-state index >= 15 is 0 Å². The van der Waals surface area contributed by atoms with E-state index in [4.69, 9.17) is 9.26 Å². The molecule has 3 aromatic rings. The number of rotatable bonds is 7. The van der Waals surface area contributed by atoms with E-state index in [-0.39, 0.29) is 42.5 Å². The maximum atomic E-state index is 12.9. The van der Waals surface area contributed by atoms with Gasteiger partial charge in [-0.2, -0.15) is 10.2 Å². The first-order valence-electron chi connectivity index (χ1n) is 12.4. The van der Waals surface area contributed by atoms with E-state index in [0.717, 1.165) is 23.1 Å². The van der Waals surface area contributed by atoms with Crippen molar-refractivity contribution in [2.75, 3.05) is 6.61 Å². The molecule has 1 amide bonds. The number of ether oxygens (including phenoxy) is 1. The van der Waals surface area contributed by atoms with Gasteiger partial charge < -0.3 is 19.3 Å². The van der Waals surface area contributed by atoms with Crippen molar-refractivity contribution >= 4 is 5.91 Å². The maximum Gasteiger partial charge on any atom is 0.258 e. The minimum atomic E-state index is -0.212. The van der Waals surface area contributed by atoms with Gasteiger partial charge in [-0.05, 0) is 61.4 Å². The summed E-state index contributed by atoms with van der Waals surface area (Å²) in [5.41, 5.74) is 4.15. The Kier molecular flexibility index (Phi) is 6.27. The average Bonchev–Trinajstić information content (AvgIpc) is 3.54. The molecule has 0 saturated carbocycles. The molecule has 1 N–H and O–H groups in total. The predicted octanol–water partition coefficient (Wildman–Crippen LogP) is 4.53. The second-order valence-electron chi connectivity index (χ2n) is 10.2. The fourth-order valence-corrected chi connectivity index (χ4v) is 5.56. The zero-order chi connectivity index (χ0) is 25.6. The van der Waals surface area contributed by atoms with Crippen LogP contribution in [0.15, 0.2) is 40.9 Å². The maximum absolute atomic E-state index is 12.9. The van der Waals surface area contributed by atoms with Crippen molar-refractivity contribution in [3.8, 4) is 34.7 Å². The molecular formula is C28H30N4O4. The third kappa shape index (κ3) is 4.03. The summed E-state index contributed by atoms with van der Waals surface area (Å²) in [5.74, 6) is 1.74. The standard InChI is InChI=1S/C28H30N4O4/c1-15(2)23(14-33)32-25(34)12-18-11-22-20(26(18)32)6-5-7-21(22)27-30-28(36-31-27)17-8-9-24(35-16(3)4)19(10-17)13-29/h5-10,15-16,18,23,26,33H,11-12,14H2,1-4H3/t18-,23-,26+/m0/s1. The summed E-state index contributed by atoms with van der Waals surface area (Å²) < 4.78 is 11.3. The molecule has 1 aliphatic heterocycles. The molecule has 0 bridgehead atoms. The van der Waals surface area contributed by atoms with Crippen molar-refractivity contribution in [1.82, 2.24) is 15.0 Å². The molecule has 0 unspecified atom stereocenters. The Labute approximate surface area is 210 Å². The van der Waals surface area contributed by atoms with Gasteiger partial charge >= 0.3 is 0 Å². The second-order valence-corrected chi connectivity index (χ2v) is 10.2. The van der Waals surface area contributed by atoms with Crippen LogP contribution in [-0.2, 0) is 11.2 Å². The van der Waals surface area contributed by atoms with Crippen LogP contribution in [0.4, 0.5) is 0 Å². The van der Waals surface area contributed by atoms with Crippen molar-refractivity contribution in [3.05, 3.63) is 53.1 Å². The molecule has 1 aromatic heterocycles. The number of nitrogens with zero attached hydrogens (tertiary/aromatic N) is 4. The van der Waals surface area contributed by atoms with Gasteiger partial charge in [0.1, 0.15) is 11.8 Å². The Morgan fingerprint density at radius 1 is 1.22 bits per heavy atom. The molecule has 8 heteroatoms. The molecule has 5 rings (SSSR count). The molecule has 0 spiro atoms. The highest BCUT2D eigenvalue weighted by atomic mass is 16.5. The number of fused-ring (bicyclic) bond motifs is 3. The van der Waals surface area contributed by atoms with E-state index in [0.29, 0.717) is 35.0 Å². The van der Waals surface area contributed by atoms with E-state index in [1.54, 1.807) is 18.2 Å². The number of likely N-dealkylation sites (tertiary alicyclic amines) is 1. The normalized spacial score (nSPS) is 19.5. The Morgan fingerprint density at radius 2 is 2.03 bits per heavy atom. The van der Waals surface area contributed by atoms with E-state index in [1.165, 1.54) is 0 Å². The van der Waals surface area contributed by atoms with E-state index in [9.17, 15) is 15.2 Å². The first kappa shape index (κ1) is 24.0. The zero-order valence-corrected chi connectivity index (χ0v) is 20.9. The number of hydrogen-bond donors (Lipinski definition) is 1. The summed E-state index contributed by atoms with van der Waals surface area (Å²) in [5, 5.41) is 23.8. The largest absolute Gasteiger partial charge is 0.490 e. The van der Waals surface area contributed by atoms with Crippen LogP contribution < -0.4 is 4.74 Å². The molecule has 2 heterocycles. The smallest absolute Gasteiger partial charge is 0.258 e. The van der Waals surface area contributed by atoms with E-state index in [2.05, 4.69) is 22.3 Å². The summed E-state index contributed by atoms with van der Waals surface area (Å²) in [6.07, 6.45) is 1.18. The van der Waals surface area contributed by atoms with Crippen LogP contribution in [0.1, 0.15) is 56.8 Å². The second kappa shape index (κ2) is 9.40. The van der Waals surface area contributed by atoms with Crippen molar-refractivity contribution in [2.45, 2.75) is 58.7 Å². The van der Waals surface area contributed by atoms with Gasteiger partial charge in [-0.25, -0.2) is 0 Å². The van der Waals surface area contributed by atoms with E-state index in [1.807, 2.05) is 44.7 Å². The third-order valence-electron chi connectivity index (χ3n) is 7.16. The van der Waals surface area contributed by atoms with Gasteiger partial charge in [0.05, 0.1) is 30.4 Å². The van der Waals surface area contributed by atoms with Gasteiger partial charge in [0.15, 0.2) is 0 Å². The number of aromatic nitrogens is 2. The van der Waals surface area contributed by atoms with Gasteiger partial charge in [-0.3, -0.25) is 4.79 Å². The highest BCUT2D eigenvalue weighted by Gasteiger charge is 2.49. The number of amides is 1. The fraction of sp³-hybridized carbons (Fsp3) is 0.429. The molecule has 1 aliphatic carbocycles. The molecule has 186 valence electrons. The molecule has 3 atom stereocenters. The van der Waals surface area contributed by atoms with Gasteiger partial charge in [-0.1, -0.05) is 37.2 Å². The zero-order valence-electron chi connectivity index (χ0n) is 20.9. The van der Waals surface area contributed by atoms with Crippen LogP contribution in [0.5, 0.6) is 5.75 Å². The van der Waals surface area contributed by atoms with Crippen LogP contribution in [0.25, 0.3) is 22.8 Å². The van der Waals surface area contributed by atoms with Crippen LogP contribution in [0, 0.1) is 23.2 Å². The first-order chi connectivity index (χ1) is 17.3. The van der Waals surface area contributed by atoms with Gasteiger partial charge in [-0.15, -0.1) is 0 Å². The number of carbonyl (C=O) groups is 1. The van der Waals surface area contributed by atoms with Crippen molar-refractivity contribution < 1.29 is 19.2 Å². The lowest BCUT2D eigenvalue weighted by Gasteiger charge is -2.35. The summed E-state index contributed by atoms with van der Waals surface area (Å²) in [4.78, 5) is 19.4. The molecule has 0 radical (unpaired) electrons. The lowest BCUT2D eigenvalue weighted by Crippen LogP contribution is -2.43. The quantitative estimate of drug-likeness (QED) is 0.522. The number of nitriles is 1. The van der Waals surface area contributed by atoms with Crippen LogP contribution in [0.3, 0.4) is 0 Å². The molecule has 36 heavy (non-hydrogen) atoms. The molecule has 2 aliphatic rings. The fourth-order valence-electron chi connectivity index (χ4n) is 5.56. The molecule has 1 fully saturated rings. The summed E-state index contributed by atoms with van der Waals surface area (Å²) in [6.45, 7) is 7.84. The average molecular weight is 487 g/mol. The van der Waals surface area contributed by atoms with Crippen LogP contribution in [0.2, 0.25) is 0 Å². The summed E-state index contributed by atoms with van der Waals surface area (Å²) in [7, 11) is 0. The number of carbonyl (C=O) groups excluding carboxylic acids is 1. The van der Waals surface area contributed by atoms with Crippen molar-refractivity contribution in [1.29, 1.82) is 5.26 Å². The lowest BCUT2D eigenvalue weighted by molar-refractivity contribution is -0.133. The predicted molar refractivity (Wildman–Crippen MR) is 133 cm³/mol. The highest BCUT2D eigenvalue weighted by Crippen LogP contribution is 2.50. The van der Waals surface area contributed by atoms with Crippen LogP contribution >= 0.6 is 0 Å². The van der Waals surface area contributed by atoms with Gasteiger partial charge in [0.2, 0.25) is 11.7 Å². The number of hydrogen-bond acceptors (Lipinski definition) is 7. The van der Waals surface area contributed by atoms with E-state index < -0.39 is 0 Å². The number of aliphatic hydroxyl groups is 1. The summed E-state index contributed by atoms with van der Waals surface area (Å²) in [6, 6.07) is 13.2. The monoisotopic (exact) mass is 486 g/mol. The van der Waals surface area contributed by atoms with Crippen molar-refractivity contribution in [2.24, 2.45) is 11.8 Å². The molecular weight excluding hydrogens is 456 g/mol. The number of aliphatic hydroxyl groups excluding tert-OH is 1. The third-order valence-corrected chi connectivity index (χ3v) is 7.16. The van der Waals surface area contributed by atoms with Crippen LogP contribution in [-0.4, -0.2) is 44.8 Å². The Bertz CT molecular complexity index is 1340. The summed E-state index contributed by atoms with van der Waals surface area (Å²) >= 11 is 0. The Morgan fingerprint density at radius 3 is 2.72 bits per heavy atom. The molecule has 2 aromatic carbocycles. The van der Waals surface area contributed by atoms with Gasteiger partial charge in [0.25, 0.3) is 5.89 Å². The van der Waals surface area contributed by atoms with Crippen molar-refractivity contribution in [3.63, 3.8) is 0 Å². The SMILES string of the molecule is CC(C)Oc1ccc(-c2nc(-c3cccc4c3C[C@H]3CC(=O)N([C@@H](CO)C(C)C)[C@@H]43)no2)cc1C#N. The Balaban J connectivity index is 1.48. The number of benzene rings is 2.